The van der Waals surface area contributed by atoms with Crippen LogP contribution in [0, 0.1) is 0 Å². The maximum Gasteiger partial charge on any atom is 0.306 e. The van der Waals surface area contributed by atoms with Crippen LogP contribution in [0.15, 0.2) is 0 Å². The van der Waals surface area contributed by atoms with Gasteiger partial charge in [0.15, 0.2) is 0 Å². The molecule has 0 aromatic rings. The second-order valence-electron chi connectivity index (χ2n) is 3.70. The van der Waals surface area contributed by atoms with Crippen molar-refractivity contribution in [2.24, 2.45) is 0 Å². The smallest absolute Gasteiger partial charge is 0.306 e. The molecule has 0 fully saturated rings. The summed E-state index contributed by atoms with van der Waals surface area (Å²) in [6, 6.07) is 0. The molecule has 0 aliphatic rings. The molecular formula is C11H23NO3. The van der Waals surface area contributed by atoms with Gasteiger partial charge in [-0.05, 0) is 33.2 Å². The number of carbonyl (C=O) groups excluding carboxylic acids is 1. The lowest BCUT2D eigenvalue weighted by molar-refractivity contribution is -0.140. The molecule has 0 heterocycles. The van der Waals surface area contributed by atoms with Crippen molar-refractivity contribution in [3.8, 4) is 0 Å². The fraction of sp³-hybridized carbons (Fsp3) is 0.909. The molecule has 0 bridgehead atoms. The van der Waals surface area contributed by atoms with Gasteiger partial charge in [-0.1, -0.05) is 0 Å². The Hall–Kier alpha value is -0.610. The Morgan fingerprint density at radius 1 is 1.27 bits per heavy atom. The molecule has 0 aromatic carbocycles. The Bertz CT molecular complexity index is 160. The van der Waals surface area contributed by atoms with Crippen molar-refractivity contribution in [2.45, 2.75) is 39.2 Å². The van der Waals surface area contributed by atoms with E-state index in [1.165, 1.54) is 7.11 Å². The number of hydrogen-bond donors (Lipinski definition) is 1. The molecule has 0 aromatic heterocycles. The van der Waals surface area contributed by atoms with E-state index < -0.39 is 0 Å². The summed E-state index contributed by atoms with van der Waals surface area (Å²) in [7, 11) is 1.41. The first-order valence-electron chi connectivity index (χ1n) is 5.56. The van der Waals surface area contributed by atoms with E-state index in [4.69, 9.17) is 4.74 Å². The highest BCUT2D eigenvalue weighted by atomic mass is 16.5. The first kappa shape index (κ1) is 14.4. The lowest BCUT2D eigenvalue weighted by Gasteiger charge is -2.07. The highest BCUT2D eigenvalue weighted by Gasteiger charge is 1.98. The normalized spacial score (nSPS) is 10.7. The van der Waals surface area contributed by atoms with Crippen LogP contribution in [0.5, 0.6) is 0 Å². The van der Waals surface area contributed by atoms with Gasteiger partial charge in [-0.15, -0.1) is 0 Å². The van der Waals surface area contributed by atoms with Gasteiger partial charge < -0.3 is 14.8 Å². The van der Waals surface area contributed by atoms with E-state index in [-0.39, 0.29) is 5.97 Å². The molecular weight excluding hydrogens is 194 g/mol. The largest absolute Gasteiger partial charge is 0.469 e. The van der Waals surface area contributed by atoms with E-state index in [1.807, 2.05) is 13.8 Å². The number of rotatable bonds is 9. The Morgan fingerprint density at radius 2 is 2.00 bits per heavy atom. The van der Waals surface area contributed by atoms with Crippen LogP contribution >= 0.6 is 0 Å². The third-order valence-electron chi connectivity index (χ3n) is 1.93. The average Bonchev–Trinajstić information content (AvgIpc) is 2.21. The quantitative estimate of drug-likeness (QED) is 0.468. The third-order valence-corrected chi connectivity index (χ3v) is 1.93. The molecule has 4 nitrogen and oxygen atoms in total. The van der Waals surface area contributed by atoms with E-state index >= 15 is 0 Å². The monoisotopic (exact) mass is 217 g/mol. The molecule has 0 saturated carbocycles. The standard InChI is InChI=1S/C11H23NO3/c1-10(2)15-9-5-4-7-12-8-6-11(13)14-3/h10,12H,4-9H2,1-3H3. The second kappa shape index (κ2) is 9.93. The Labute approximate surface area is 92.3 Å². The molecule has 0 amide bonds. The predicted octanol–water partition coefficient (Wildman–Crippen LogP) is 1.34. The summed E-state index contributed by atoms with van der Waals surface area (Å²) in [6.07, 6.45) is 2.90. The number of nitrogens with one attached hydrogen (secondary N) is 1. The van der Waals surface area contributed by atoms with Gasteiger partial charge in [-0.25, -0.2) is 0 Å². The first-order valence-corrected chi connectivity index (χ1v) is 5.56. The molecule has 1 N–H and O–H groups in total. The van der Waals surface area contributed by atoms with Crippen LogP contribution in [0.1, 0.15) is 33.1 Å². The molecule has 0 saturated heterocycles. The van der Waals surface area contributed by atoms with E-state index in [1.54, 1.807) is 0 Å². The SMILES string of the molecule is COC(=O)CCNCCCCOC(C)C. The minimum Gasteiger partial charge on any atom is -0.469 e. The van der Waals surface area contributed by atoms with Gasteiger partial charge in [0.2, 0.25) is 0 Å². The van der Waals surface area contributed by atoms with Gasteiger partial charge in [0.25, 0.3) is 0 Å². The van der Waals surface area contributed by atoms with Crippen molar-refractivity contribution >= 4 is 5.97 Å². The van der Waals surface area contributed by atoms with Gasteiger partial charge in [0.1, 0.15) is 0 Å². The molecule has 0 unspecified atom stereocenters. The molecule has 15 heavy (non-hydrogen) atoms. The molecule has 0 rings (SSSR count). The zero-order valence-electron chi connectivity index (χ0n) is 10.0. The van der Waals surface area contributed by atoms with Gasteiger partial charge in [0, 0.05) is 13.2 Å². The van der Waals surface area contributed by atoms with Crippen molar-refractivity contribution in [1.29, 1.82) is 0 Å². The Morgan fingerprint density at radius 3 is 2.60 bits per heavy atom. The maximum atomic E-state index is 10.7. The van der Waals surface area contributed by atoms with Crippen molar-refractivity contribution in [2.75, 3.05) is 26.8 Å². The summed E-state index contributed by atoms with van der Waals surface area (Å²) in [5.74, 6) is -0.161. The molecule has 0 spiro atoms. The van der Waals surface area contributed by atoms with Crippen LogP contribution < -0.4 is 5.32 Å². The van der Waals surface area contributed by atoms with Crippen LogP contribution in [-0.4, -0.2) is 38.9 Å². The number of methoxy groups -OCH3 is 1. The minimum absolute atomic E-state index is 0.161. The summed E-state index contributed by atoms with van der Waals surface area (Å²) in [5.41, 5.74) is 0. The predicted molar refractivity (Wildman–Crippen MR) is 59.8 cm³/mol. The van der Waals surface area contributed by atoms with Gasteiger partial charge >= 0.3 is 5.97 Å². The Kier molecular flexibility index (Phi) is 9.52. The molecule has 0 atom stereocenters. The van der Waals surface area contributed by atoms with Crippen LogP contribution in [0.3, 0.4) is 0 Å². The maximum absolute atomic E-state index is 10.7. The van der Waals surface area contributed by atoms with Gasteiger partial charge in [-0.3, -0.25) is 4.79 Å². The van der Waals surface area contributed by atoms with Gasteiger partial charge in [-0.2, -0.15) is 0 Å². The zero-order valence-corrected chi connectivity index (χ0v) is 10.0. The van der Waals surface area contributed by atoms with Crippen molar-refractivity contribution in [1.82, 2.24) is 5.32 Å². The second-order valence-corrected chi connectivity index (χ2v) is 3.70. The van der Waals surface area contributed by atoms with Crippen molar-refractivity contribution in [3.63, 3.8) is 0 Å². The molecule has 0 aliphatic heterocycles. The molecule has 4 heteroatoms. The minimum atomic E-state index is -0.161. The summed E-state index contributed by atoms with van der Waals surface area (Å²) in [4.78, 5) is 10.7. The molecule has 0 aliphatic carbocycles. The van der Waals surface area contributed by atoms with Crippen molar-refractivity contribution < 1.29 is 14.3 Å². The highest BCUT2D eigenvalue weighted by Crippen LogP contribution is 1.93. The molecule has 90 valence electrons. The first-order chi connectivity index (χ1) is 7.16. The lowest BCUT2D eigenvalue weighted by atomic mass is 10.3. The van der Waals surface area contributed by atoms with Crippen LogP contribution in [0.4, 0.5) is 0 Å². The van der Waals surface area contributed by atoms with Crippen molar-refractivity contribution in [3.05, 3.63) is 0 Å². The Balaban J connectivity index is 3.02. The van der Waals surface area contributed by atoms with Crippen LogP contribution in [-0.2, 0) is 14.3 Å². The zero-order chi connectivity index (χ0) is 11.5. The third kappa shape index (κ3) is 11.3. The fourth-order valence-electron chi connectivity index (χ4n) is 1.09. The number of esters is 1. The fourth-order valence-corrected chi connectivity index (χ4v) is 1.09. The summed E-state index contributed by atoms with van der Waals surface area (Å²) in [5, 5.41) is 3.18. The highest BCUT2D eigenvalue weighted by molar-refractivity contribution is 5.69. The summed E-state index contributed by atoms with van der Waals surface area (Å²) in [6.45, 7) is 6.51. The van der Waals surface area contributed by atoms with Gasteiger partial charge in [0.05, 0.1) is 19.6 Å². The average molecular weight is 217 g/mol. The summed E-state index contributed by atoms with van der Waals surface area (Å²) < 4.78 is 9.92. The number of carbonyl (C=O) groups is 1. The topological polar surface area (TPSA) is 47.6 Å². The van der Waals surface area contributed by atoms with E-state index in [2.05, 4.69) is 10.1 Å². The number of ether oxygens (including phenoxy) is 2. The van der Waals surface area contributed by atoms with Crippen LogP contribution in [0.2, 0.25) is 0 Å². The number of hydrogen-bond acceptors (Lipinski definition) is 4. The summed E-state index contributed by atoms with van der Waals surface area (Å²) >= 11 is 0. The van der Waals surface area contributed by atoms with E-state index in [0.29, 0.717) is 19.1 Å². The molecule has 0 radical (unpaired) electrons. The number of unbranched alkanes of at least 4 members (excludes halogenated alkanes) is 1. The van der Waals surface area contributed by atoms with Crippen LogP contribution in [0.25, 0.3) is 0 Å². The lowest BCUT2D eigenvalue weighted by Crippen LogP contribution is -2.20. The van der Waals surface area contributed by atoms with E-state index in [9.17, 15) is 4.79 Å². The van der Waals surface area contributed by atoms with E-state index in [0.717, 1.165) is 26.0 Å².